The number of unbranched alkanes of at least 4 members (excludes halogenated alkanes) is 2. The molecule has 0 radical (unpaired) electrons. The average Bonchev–Trinajstić information content (AvgIpc) is 2.35. The van der Waals surface area contributed by atoms with E-state index in [9.17, 15) is 0 Å². The van der Waals surface area contributed by atoms with Gasteiger partial charge in [0.2, 0.25) is 0 Å². The number of rotatable bonds is 5. The van der Waals surface area contributed by atoms with Crippen LogP contribution in [0.2, 0.25) is 0 Å². The zero-order valence-corrected chi connectivity index (χ0v) is 9.98. The Bertz CT molecular complexity index is 373. The van der Waals surface area contributed by atoms with Crippen molar-refractivity contribution in [3.63, 3.8) is 0 Å². The molecule has 84 valence electrons. The Kier molecular flexibility index (Phi) is 5.15. The Balaban J connectivity index is 2.75. The highest BCUT2D eigenvalue weighted by Crippen LogP contribution is 2.16. The Hall–Kier alpha value is -1.75. The van der Waals surface area contributed by atoms with E-state index in [1.165, 1.54) is 0 Å². The maximum atomic E-state index is 9.10. The normalized spacial score (nSPS) is 10.9. The van der Waals surface area contributed by atoms with Crippen molar-refractivity contribution in [2.24, 2.45) is 0 Å². The molecule has 0 heterocycles. The zero-order chi connectivity index (χ0) is 11.8. The van der Waals surface area contributed by atoms with Crippen LogP contribution in [0.1, 0.15) is 26.2 Å². The molecule has 0 atom stereocenters. The van der Waals surface area contributed by atoms with E-state index < -0.39 is 0 Å². The first-order chi connectivity index (χ1) is 7.79. The number of hydrogen-bond donors (Lipinski definition) is 0. The summed E-state index contributed by atoms with van der Waals surface area (Å²) in [6.07, 6.45) is 5.27. The lowest BCUT2D eigenvalue weighted by Gasteiger charge is -2.17. The fourth-order valence-electron chi connectivity index (χ4n) is 1.49. The lowest BCUT2D eigenvalue weighted by Crippen LogP contribution is -2.14. The second-order valence-electron chi connectivity index (χ2n) is 3.74. The van der Waals surface area contributed by atoms with Crippen LogP contribution >= 0.6 is 0 Å². The minimum absolute atomic E-state index is 0.722. The minimum Gasteiger partial charge on any atom is -0.336 e. The van der Waals surface area contributed by atoms with Gasteiger partial charge in [0, 0.05) is 12.7 Å². The standard InChI is InChI=1S/C14H18N2/c1-3-4-6-11-14(12-15)16(2)13-9-7-5-8-10-13/h5,7-11H,3-4,6H2,1-2H3/b14-11+. The van der Waals surface area contributed by atoms with E-state index in [4.69, 9.17) is 5.26 Å². The van der Waals surface area contributed by atoms with Crippen molar-refractivity contribution >= 4 is 5.69 Å². The molecule has 0 aliphatic heterocycles. The van der Waals surface area contributed by atoms with Gasteiger partial charge in [-0.05, 0) is 31.1 Å². The third-order valence-corrected chi connectivity index (χ3v) is 2.51. The van der Waals surface area contributed by atoms with Gasteiger partial charge >= 0.3 is 0 Å². The minimum atomic E-state index is 0.722. The van der Waals surface area contributed by atoms with Gasteiger partial charge in [0.15, 0.2) is 0 Å². The summed E-state index contributed by atoms with van der Waals surface area (Å²) in [4.78, 5) is 1.93. The highest BCUT2D eigenvalue weighted by atomic mass is 15.1. The first-order valence-electron chi connectivity index (χ1n) is 5.68. The van der Waals surface area contributed by atoms with E-state index >= 15 is 0 Å². The quantitative estimate of drug-likeness (QED) is 0.551. The Morgan fingerprint density at radius 3 is 2.62 bits per heavy atom. The van der Waals surface area contributed by atoms with E-state index in [1.807, 2.05) is 48.4 Å². The van der Waals surface area contributed by atoms with Crippen molar-refractivity contribution in [3.8, 4) is 6.07 Å². The maximum absolute atomic E-state index is 9.10. The van der Waals surface area contributed by atoms with Crippen LogP contribution < -0.4 is 4.90 Å². The monoisotopic (exact) mass is 214 g/mol. The summed E-state index contributed by atoms with van der Waals surface area (Å²) in [5.41, 5.74) is 1.77. The van der Waals surface area contributed by atoms with Crippen LogP contribution in [0.3, 0.4) is 0 Å². The lowest BCUT2D eigenvalue weighted by molar-refractivity contribution is 0.810. The SMILES string of the molecule is CCCC/C=C(\C#N)N(C)c1ccccc1. The molecule has 0 saturated heterocycles. The van der Waals surface area contributed by atoms with E-state index in [1.54, 1.807) is 0 Å². The van der Waals surface area contributed by atoms with Gasteiger partial charge in [0.1, 0.15) is 11.8 Å². The predicted octanol–water partition coefficient (Wildman–Crippen LogP) is 3.72. The van der Waals surface area contributed by atoms with Gasteiger partial charge in [-0.1, -0.05) is 31.5 Å². The molecular weight excluding hydrogens is 196 g/mol. The summed E-state index contributed by atoms with van der Waals surface area (Å²) in [6, 6.07) is 12.2. The molecule has 0 aromatic heterocycles. The van der Waals surface area contributed by atoms with Gasteiger partial charge in [-0.15, -0.1) is 0 Å². The van der Waals surface area contributed by atoms with Crippen LogP contribution in [0.5, 0.6) is 0 Å². The molecule has 0 bridgehead atoms. The Morgan fingerprint density at radius 2 is 2.06 bits per heavy atom. The topological polar surface area (TPSA) is 27.0 Å². The number of benzene rings is 1. The van der Waals surface area contributed by atoms with Crippen LogP contribution in [-0.4, -0.2) is 7.05 Å². The van der Waals surface area contributed by atoms with Crippen LogP contribution in [0.25, 0.3) is 0 Å². The largest absolute Gasteiger partial charge is 0.336 e. The highest BCUT2D eigenvalue weighted by Gasteiger charge is 2.04. The molecule has 2 heteroatoms. The number of nitrogens with zero attached hydrogens (tertiary/aromatic N) is 2. The summed E-state index contributed by atoms with van der Waals surface area (Å²) >= 11 is 0. The molecule has 2 nitrogen and oxygen atoms in total. The first-order valence-corrected chi connectivity index (χ1v) is 5.68. The van der Waals surface area contributed by atoms with Gasteiger partial charge in [-0.3, -0.25) is 0 Å². The third kappa shape index (κ3) is 3.43. The first kappa shape index (κ1) is 12.3. The van der Waals surface area contributed by atoms with E-state index in [0.717, 1.165) is 30.6 Å². The molecule has 0 fully saturated rings. The molecule has 1 aromatic carbocycles. The van der Waals surface area contributed by atoms with Gasteiger partial charge in [-0.2, -0.15) is 5.26 Å². The van der Waals surface area contributed by atoms with Crippen LogP contribution in [0, 0.1) is 11.3 Å². The second kappa shape index (κ2) is 6.68. The van der Waals surface area contributed by atoms with Crippen molar-refractivity contribution in [1.82, 2.24) is 0 Å². The molecule has 0 aliphatic carbocycles. The highest BCUT2D eigenvalue weighted by molar-refractivity contribution is 5.54. The number of para-hydroxylation sites is 1. The molecule has 16 heavy (non-hydrogen) atoms. The number of nitriles is 1. The molecule has 0 N–H and O–H groups in total. The fourth-order valence-corrected chi connectivity index (χ4v) is 1.49. The van der Waals surface area contributed by atoms with Crippen molar-refractivity contribution < 1.29 is 0 Å². The van der Waals surface area contributed by atoms with Crippen LogP contribution in [-0.2, 0) is 0 Å². The summed E-state index contributed by atoms with van der Waals surface area (Å²) in [5.74, 6) is 0. The Labute approximate surface area is 97.8 Å². The molecule has 0 aliphatic rings. The van der Waals surface area contributed by atoms with Gasteiger partial charge in [0.05, 0.1) is 0 Å². The molecule has 0 unspecified atom stereocenters. The van der Waals surface area contributed by atoms with Gasteiger partial charge in [-0.25, -0.2) is 0 Å². The van der Waals surface area contributed by atoms with Crippen molar-refractivity contribution in [1.29, 1.82) is 5.26 Å². The number of anilines is 1. The fraction of sp³-hybridized carbons (Fsp3) is 0.357. The third-order valence-electron chi connectivity index (χ3n) is 2.51. The summed E-state index contributed by atoms with van der Waals surface area (Å²) in [5, 5.41) is 9.10. The van der Waals surface area contributed by atoms with Crippen molar-refractivity contribution in [2.45, 2.75) is 26.2 Å². The molecule has 0 spiro atoms. The van der Waals surface area contributed by atoms with E-state index in [2.05, 4.69) is 13.0 Å². The zero-order valence-electron chi connectivity index (χ0n) is 9.98. The Morgan fingerprint density at radius 1 is 1.38 bits per heavy atom. The average molecular weight is 214 g/mol. The maximum Gasteiger partial charge on any atom is 0.117 e. The second-order valence-corrected chi connectivity index (χ2v) is 3.74. The number of allylic oxidation sites excluding steroid dienone is 2. The smallest absolute Gasteiger partial charge is 0.117 e. The summed E-state index contributed by atoms with van der Waals surface area (Å²) in [6.45, 7) is 2.15. The molecule has 0 saturated carbocycles. The molecule has 1 rings (SSSR count). The summed E-state index contributed by atoms with van der Waals surface area (Å²) < 4.78 is 0. The van der Waals surface area contributed by atoms with Crippen LogP contribution in [0.4, 0.5) is 5.69 Å². The van der Waals surface area contributed by atoms with Crippen LogP contribution in [0.15, 0.2) is 42.1 Å². The molecular formula is C14H18N2. The van der Waals surface area contributed by atoms with E-state index in [0.29, 0.717) is 0 Å². The predicted molar refractivity (Wildman–Crippen MR) is 68.1 cm³/mol. The van der Waals surface area contributed by atoms with Gasteiger partial charge in [0.25, 0.3) is 0 Å². The molecule has 0 amide bonds. The van der Waals surface area contributed by atoms with Crippen molar-refractivity contribution in [3.05, 3.63) is 42.1 Å². The van der Waals surface area contributed by atoms with E-state index in [-0.39, 0.29) is 0 Å². The lowest BCUT2D eigenvalue weighted by atomic mass is 10.2. The van der Waals surface area contributed by atoms with Crippen molar-refractivity contribution in [2.75, 3.05) is 11.9 Å². The number of hydrogen-bond acceptors (Lipinski definition) is 2. The summed E-state index contributed by atoms with van der Waals surface area (Å²) in [7, 11) is 1.93. The molecule has 1 aromatic rings. The van der Waals surface area contributed by atoms with Gasteiger partial charge < -0.3 is 4.90 Å².